The van der Waals surface area contributed by atoms with Gasteiger partial charge in [0.1, 0.15) is 24.9 Å². The number of carboxylic acid groups (broad SMARTS) is 1. The van der Waals surface area contributed by atoms with Gasteiger partial charge in [0.05, 0.1) is 0 Å². The summed E-state index contributed by atoms with van der Waals surface area (Å²) in [4.78, 5) is 25.8. The highest BCUT2D eigenvalue weighted by atomic mass is 16.5. The lowest BCUT2D eigenvalue weighted by atomic mass is 10.1. The van der Waals surface area contributed by atoms with Crippen LogP contribution in [-0.4, -0.2) is 45.6 Å². The maximum atomic E-state index is 12.9. The van der Waals surface area contributed by atoms with Crippen molar-refractivity contribution in [2.45, 2.75) is 38.5 Å². The average Bonchev–Trinajstić information content (AvgIpc) is 3.39. The van der Waals surface area contributed by atoms with Crippen molar-refractivity contribution in [3.63, 3.8) is 0 Å². The molecule has 0 radical (unpaired) electrons. The van der Waals surface area contributed by atoms with Crippen LogP contribution in [0.2, 0.25) is 0 Å². The van der Waals surface area contributed by atoms with Crippen LogP contribution >= 0.6 is 0 Å². The summed E-state index contributed by atoms with van der Waals surface area (Å²) in [5.41, 5.74) is 8.85. The number of amides is 1. The summed E-state index contributed by atoms with van der Waals surface area (Å²) in [5, 5.41) is 10.4. The van der Waals surface area contributed by atoms with Crippen LogP contribution in [0.25, 0.3) is 10.9 Å². The van der Waals surface area contributed by atoms with E-state index in [4.69, 9.17) is 10.5 Å². The highest BCUT2D eigenvalue weighted by Gasteiger charge is 2.34. The summed E-state index contributed by atoms with van der Waals surface area (Å²) in [5.74, 6) is -0.359. The van der Waals surface area contributed by atoms with Gasteiger partial charge in [-0.25, -0.2) is 4.79 Å². The van der Waals surface area contributed by atoms with Crippen molar-refractivity contribution in [3.05, 3.63) is 65.9 Å². The Morgan fingerprint density at radius 3 is 2.71 bits per heavy atom. The van der Waals surface area contributed by atoms with E-state index in [1.165, 1.54) is 4.90 Å². The quantitative estimate of drug-likeness (QED) is 0.583. The normalized spacial score (nSPS) is 16.0. The average molecular weight is 421 g/mol. The molecule has 0 saturated carbocycles. The first-order valence-corrected chi connectivity index (χ1v) is 10.6. The van der Waals surface area contributed by atoms with Gasteiger partial charge in [-0.3, -0.25) is 4.79 Å². The molecule has 4 rings (SSSR count). The number of rotatable bonds is 8. The predicted molar refractivity (Wildman–Crippen MR) is 118 cm³/mol. The molecule has 1 amide bonds. The Hall–Kier alpha value is -3.32. The monoisotopic (exact) mass is 421 g/mol. The number of nitrogens with zero attached hydrogens (tertiary/aromatic N) is 2. The standard InChI is InChI=1S/C24H27N3O4/c25-11-10-18-14-26(15-23(28)27-12-4-7-22(27)24(29)30)21-9-8-19(13-20(18)21)31-16-17-5-2-1-3-6-17/h1-3,5-6,8-9,13-14,22H,4,7,10-12,15-16,25H2,(H,29,30). The van der Waals surface area contributed by atoms with Crippen molar-refractivity contribution < 1.29 is 19.4 Å². The third-order valence-corrected chi connectivity index (χ3v) is 5.76. The lowest BCUT2D eigenvalue weighted by Crippen LogP contribution is -2.41. The van der Waals surface area contributed by atoms with E-state index in [2.05, 4.69) is 0 Å². The molecule has 1 saturated heterocycles. The molecule has 1 aliphatic rings. The molecule has 1 aromatic heterocycles. The zero-order valence-corrected chi connectivity index (χ0v) is 17.4. The van der Waals surface area contributed by atoms with E-state index >= 15 is 0 Å². The fraction of sp³-hybridized carbons (Fsp3) is 0.333. The molecule has 7 nitrogen and oxygen atoms in total. The molecule has 0 aliphatic carbocycles. The van der Waals surface area contributed by atoms with E-state index in [1.807, 2.05) is 59.3 Å². The number of likely N-dealkylation sites (tertiary alicyclic amines) is 1. The van der Waals surface area contributed by atoms with Gasteiger partial charge in [-0.15, -0.1) is 0 Å². The highest BCUT2D eigenvalue weighted by molar-refractivity contribution is 5.89. The maximum Gasteiger partial charge on any atom is 0.326 e. The van der Waals surface area contributed by atoms with E-state index in [-0.39, 0.29) is 12.5 Å². The number of fused-ring (bicyclic) bond motifs is 1. The summed E-state index contributed by atoms with van der Waals surface area (Å²) in [6.07, 6.45) is 3.85. The second-order valence-electron chi connectivity index (χ2n) is 7.86. The van der Waals surface area contributed by atoms with Gasteiger partial charge in [0.2, 0.25) is 5.91 Å². The maximum absolute atomic E-state index is 12.9. The van der Waals surface area contributed by atoms with E-state index < -0.39 is 12.0 Å². The molecule has 1 atom stereocenters. The Bertz CT molecular complexity index is 1080. The number of hydrogen-bond donors (Lipinski definition) is 2. The summed E-state index contributed by atoms with van der Waals surface area (Å²) in [6.45, 7) is 1.57. The first-order chi connectivity index (χ1) is 15.1. The third-order valence-electron chi connectivity index (χ3n) is 5.76. The Morgan fingerprint density at radius 1 is 1.16 bits per heavy atom. The van der Waals surface area contributed by atoms with Gasteiger partial charge < -0.3 is 25.0 Å². The van der Waals surface area contributed by atoms with E-state index in [1.54, 1.807) is 0 Å². The minimum absolute atomic E-state index is 0.106. The zero-order valence-electron chi connectivity index (χ0n) is 17.4. The van der Waals surface area contributed by atoms with E-state index in [0.29, 0.717) is 32.5 Å². The number of hydrogen-bond acceptors (Lipinski definition) is 4. The van der Waals surface area contributed by atoms with Crippen molar-refractivity contribution in [1.82, 2.24) is 9.47 Å². The Labute approximate surface area is 181 Å². The summed E-state index contributed by atoms with van der Waals surface area (Å²) in [7, 11) is 0. The minimum Gasteiger partial charge on any atom is -0.489 e. The van der Waals surface area contributed by atoms with E-state index in [0.717, 1.165) is 34.2 Å². The van der Waals surface area contributed by atoms with Crippen LogP contribution in [0.15, 0.2) is 54.7 Å². The van der Waals surface area contributed by atoms with Crippen LogP contribution in [0.4, 0.5) is 0 Å². The van der Waals surface area contributed by atoms with Gasteiger partial charge in [0.15, 0.2) is 0 Å². The minimum atomic E-state index is -0.938. The molecule has 0 bridgehead atoms. The number of aromatic nitrogens is 1. The van der Waals surface area contributed by atoms with Crippen molar-refractivity contribution in [2.24, 2.45) is 5.73 Å². The number of benzene rings is 2. The SMILES string of the molecule is NCCc1cn(CC(=O)N2CCCC2C(=O)O)c2ccc(OCc3ccccc3)cc12. The van der Waals surface area contributed by atoms with Gasteiger partial charge in [-0.1, -0.05) is 30.3 Å². The molecule has 1 unspecified atom stereocenters. The van der Waals surface area contributed by atoms with Crippen molar-refractivity contribution in [3.8, 4) is 5.75 Å². The van der Waals surface area contributed by atoms with Gasteiger partial charge >= 0.3 is 5.97 Å². The number of carbonyl (C=O) groups is 2. The molecule has 1 fully saturated rings. The first kappa shape index (κ1) is 20.9. The fourth-order valence-corrected chi connectivity index (χ4v) is 4.22. The first-order valence-electron chi connectivity index (χ1n) is 10.6. The van der Waals surface area contributed by atoms with Crippen LogP contribution in [-0.2, 0) is 29.2 Å². The predicted octanol–water partition coefficient (Wildman–Crippen LogP) is 2.80. The molecule has 2 heterocycles. The third kappa shape index (κ3) is 4.56. The summed E-state index contributed by atoms with van der Waals surface area (Å²) >= 11 is 0. The van der Waals surface area contributed by atoms with Crippen LogP contribution in [0, 0.1) is 0 Å². The van der Waals surface area contributed by atoms with Gasteiger partial charge in [0, 0.05) is 23.6 Å². The summed E-state index contributed by atoms with van der Waals surface area (Å²) in [6, 6.07) is 15.1. The lowest BCUT2D eigenvalue weighted by Gasteiger charge is -2.21. The Balaban J connectivity index is 1.56. The molecule has 3 N–H and O–H groups in total. The molecule has 3 aromatic rings. The van der Waals surface area contributed by atoms with Crippen LogP contribution in [0.5, 0.6) is 5.75 Å². The zero-order chi connectivity index (χ0) is 21.8. The van der Waals surface area contributed by atoms with Crippen molar-refractivity contribution >= 4 is 22.8 Å². The van der Waals surface area contributed by atoms with Gasteiger partial charge in [0.25, 0.3) is 0 Å². The van der Waals surface area contributed by atoms with Crippen LogP contribution < -0.4 is 10.5 Å². The number of aliphatic carboxylic acids is 1. The number of carbonyl (C=O) groups excluding carboxylic acids is 1. The molecule has 7 heteroatoms. The number of nitrogens with two attached hydrogens (primary N) is 1. The largest absolute Gasteiger partial charge is 0.489 e. The Morgan fingerprint density at radius 2 is 1.97 bits per heavy atom. The topological polar surface area (TPSA) is 97.8 Å². The van der Waals surface area contributed by atoms with E-state index in [9.17, 15) is 14.7 Å². The van der Waals surface area contributed by atoms with Crippen LogP contribution in [0.3, 0.4) is 0 Å². The number of carboxylic acids is 1. The van der Waals surface area contributed by atoms with Crippen molar-refractivity contribution in [2.75, 3.05) is 13.1 Å². The Kier molecular flexibility index (Phi) is 6.23. The molecule has 162 valence electrons. The second kappa shape index (κ2) is 9.22. The molecular formula is C24H27N3O4. The molecular weight excluding hydrogens is 394 g/mol. The fourth-order valence-electron chi connectivity index (χ4n) is 4.22. The van der Waals surface area contributed by atoms with Gasteiger partial charge in [-0.05, 0) is 55.1 Å². The molecule has 2 aromatic carbocycles. The second-order valence-corrected chi connectivity index (χ2v) is 7.86. The molecule has 0 spiro atoms. The van der Waals surface area contributed by atoms with Crippen molar-refractivity contribution in [1.29, 1.82) is 0 Å². The molecule has 1 aliphatic heterocycles. The smallest absolute Gasteiger partial charge is 0.326 e. The van der Waals surface area contributed by atoms with Gasteiger partial charge in [-0.2, -0.15) is 0 Å². The summed E-state index contributed by atoms with van der Waals surface area (Å²) < 4.78 is 7.85. The molecule has 31 heavy (non-hydrogen) atoms. The van der Waals surface area contributed by atoms with Crippen LogP contribution in [0.1, 0.15) is 24.0 Å². The lowest BCUT2D eigenvalue weighted by molar-refractivity contribution is -0.148. The number of ether oxygens (including phenoxy) is 1. The highest BCUT2D eigenvalue weighted by Crippen LogP contribution is 2.28.